The molecule has 3 aromatic rings. The zero-order valence-corrected chi connectivity index (χ0v) is 8.01. The molecule has 3 rings (SSSR count). The number of fused-ring (bicyclic) bond motifs is 1. The predicted octanol–water partition coefficient (Wildman–Crippen LogP) is 2.62. The maximum absolute atomic E-state index is 4.31. The smallest absolute Gasteiger partial charge is 0.0921 e. The monoisotopic (exact) mass is 195 g/mol. The molecule has 1 N–H and O–H groups in total. The van der Waals surface area contributed by atoms with Gasteiger partial charge in [0.05, 0.1) is 11.2 Å². The van der Waals surface area contributed by atoms with Crippen molar-refractivity contribution in [2.24, 2.45) is 0 Å². The summed E-state index contributed by atoms with van der Waals surface area (Å²) in [5.74, 6) is 0. The minimum absolute atomic E-state index is 0.947. The van der Waals surface area contributed by atoms with E-state index >= 15 is 0 Å². The van der Waals surface area contributed by atoms with Gasteiger partial charge in [-0.2, -0.15) is 5.10 Å². The molecule has 72 valence electrons. The molecule has 0 saturated heterocycles. The van der Waals surface area contributed by atoms with Crippen LogP contribution in [-0.2, 0) is 0 Å². The molecule has 15 heavy (non-hydrogen) atoms. The summed E-state index contributed by atoms with van der Waals surface area (Å²) in [6.45, 7) is 0. The average molecular weight is 195 g/mol. The number of rotatable bonds is 1. The number of nitrogens with zero attached hydrogens (tertiary/aromatic N) is 2. The summed E-state index contributed by atoms with van der Waals surface area (Å²) in [7, 11) is 0. The molecular formula is C12H9N3. The van der Waals surface area contributed by atoms with Crippen LogP contribution < -0.4 is 0 Å². The predicted molar refractivity (Wildman–Crippen MR) is 59.3 cm³/mol. The molecule has 3 nitrogen and oxygen atoms in total. The van der Waals surface area contributed by atoms with E-state index in [1.54, 1.807) is 6.20 Å². The van der Waals surface area contributed by atoms with E-state index in [1.165, 1.54) is 0 Å². The van der Waals surface area contributed by atoms with Crippen molar-refractivity contribution in [3.8, 4) is 11.3 Å². The van der Waals surface area contributed by atoms with E-state index in [2.05, 4.69) is 33.4 Å². The van der Waals surface area contributed by atoms with Gasteiger partial charge in [0, 0.05) is 23.3 Å². The van der Waals surface area contributed by atoms with Gasteiger partial charge in [-0.1, -0.05) is 18.2 Å². The SMILES string of the molecule is c1cnc2cc(-c3cc[nH]n3)ccc2c1. The third-order valence-corrected chi connectivity index (χ3v) is 2.40. The third kappa shape index (κ3) is 1.38. The van der Waals surface area contributed by atoms with Crippen molar-refractivity contribution in [2.75, 3.05) is 0 Å². The molecule has 0 atom stereocenters. The van der Waals surface area contributed by atoms with Crippen molar-refractivity contribution in [1.82, 2.24) is 15.2 Å². The fourth-order valence-electron chi connectivity index (χ4n) is 1.65. The first-order valence-electron chi connectivity index (χ1n) is 4.78. The summed E-state index contributed by atoms with van der Waals surface area (Å²) in [6.07, 6.45) is 3.62. The Kier molecular flexibility index (Phi) is 1.75. The lowest BCUT2D eigenvalue weighted by molar-refractivity contribution is 1.10. The van der Waals surface area contributed by atoms with Gasteiger partial charge in [-0.3, -0.25) is 10.1 Å². The average Bonchev–Trinajstić information content (AvgIpc) is 2.82. The van der Waals surface area contributed by atoms with Gasteiger partial charge in [-0.25, -0.2) is 0 Å². The summed E-state index contributed by atoms with van der Waals surface area (Å²) in [5, 5.41) is 8.10. The number of benzene rings is 1. The van der Waals surface area contributed by atoms with Crippen molar-refractivity contribution in [2.45, 2.75) is 0 Å². The van der Waals surface area contributed by atoms with E-state index in [0.29, 0.717) is 0 Å². The minimum atomic E-state index is 0.947. The fraction of sp³-hybridized carbons (Fsp3) is 0. The van der Waals surface area contributed by atoms with Gasteiger partial charge in [0.25, 0.3) is 0 Å². The number of hydrogen-bond donors (Lipinski definition) is 1. The van der Waals surface area contributed by atoms with Gasteiger partial charge in [0.2, 0.25) is 0 Å². The lowest BCUT2D eigenvalue weighted by atomic mass is 10.1. The quantitative estimate of drug-likeness (QED) is 0.648. The standard InChI is InChI=1S/C12H9N3/c1-2-9-3-4-10(8-12(9)13-6-1)11-5-7-14-15-11/h1-8H,(H,14,15). The minimum Gasteiger partial charge on any atom is -0.285 e. The highest BCUT2D eigenvalue weighted by Gasteiger charge is 2.00. The molecule has 1 aromatic carbocycles. The van der Waals surface area contributed by atoms with Crippen molar-refractivity contribution in [1.29, 1.82) is 0 Å². The van der Waals surface area contributed by atoms with Crippen LogP contribution in [0, 0.1) is 0 Å². The molecule has 2 aromatic heterocycles. The summed E-state index contributed by atoms with van der Waals surface area (Å²) in [5.41, 5.74) is 3.03. The topological polar surface area (TPSA) is 41.6 Å². The summed E-state index contributed by atoms with van der Waals surface area (Å²) in [6, 6.07) is 12.1. The molecule has 0 aliphatic carbocycles. The van der Waals surface area contributed by atoms with E-state index < -0.39 is 0 Å². The molecule has 0 bridgehead atoms. The fourth-order valence-corrected chi connectivity index (χ4v) is 1.65. The molecule has 2 heterocycles. The van der Waals surface area contributed by atoms with Gasteiger partial charge >= 0.3 is 0 Å². The molecule has 0 saturated carbocycles. The van der Waals surface area contributed by atoms with Crippen LogP contribution in [0.2, 0.25) is 0 Å². The molecule has 0 radical (unpaired) electrons. The van der Waals surface area contributed by atoms with Crippen molar-refractivity contribution < 1.29 is 0 Å². The first kappa shape index (κ1) is 8.17. The Balaban J connectivity index is 2.22. The summed E-state index contributed by atoms with van der Waals surface area (Å²) in [4.78, 5) is 4.31. The van der Waals surface area contributed by atoms with Crippen LogP contribution in [0.3, 0.4) is 0 Å². The first-order valence-corrected chi connectivity index (χ1v) is 4.78. The van der Waals surface area contributed by atoms with Crippen molar-refractivity contribution in [3.63, 3.8) is 0 Å². The van der Waals surface area contributed by atoms with Gasteiger partial charge < -0.3 is 0 Å². The highest BCUT2D eigenvalue weighted by molar-refractivity contribution is 5.83. The molecule has 0 spiro atoms. The molecular weight excluding hydrogens is 186 g/mol. The van der Waals surface area contributed by atoms with Crippen LogP contribution in [0.5, 0.6) is 0 Å². The Morgan fingerprint density at radius 1 is 1.07 bits per heavy atom. The highest BCUT2D eigenvalue weighted by atomic mass is 15.1. The zero-order chi connectivity index (χ0) is 10.1. The van der Waals surface area contributed by atoms with E-state index in [4.69, 9.17) is 0 Å². The van der Waals surface area contributed by atoms with Gasteiger partial charge in [-0.05, 0) is 18.2 Å². The Hall–Kier alpha value is -2.16. The second kappa shape index (κ2) is 3.20. The molecule has 0 unspecified atom stereocenters. The van der Waals surface area contributed by atoms with Crippen LogP contribution in [0.25, 0.3) is 22.2 Å². The number of nitrogens with one attached hydrogen (secondary N) is 1. The van der Waals surface area contributed by atoms with Gasteiger partial charge in [-0.15, -0.1) is 0 Å². The van der Waals surface area contributed by atoms with Crippen LogP contribution in [0.15, 0.2) is 48.8 Å². The largest absolute Gasteiger partial charge is 0.285 e. The number of aromatic nitrogens is 3. The van der Waals surface area contributed by atoms with Crippen LogP contribution in [0.1, 0.15) is 0 Å². The van der Waals surface area contributed by atoms with Crippen molar-refractivity contribution in [3.05, 3.63) is 48.8 Å². The Morgan fingerprint density at radius 2 is 2.07 bits per heavy atom. The molecule has 0 amide bonds. The Labute approximate surface area is 86.8 Å². The van der Waals surface area contributed by atoms with Crippen LogP contribution in [0.4, 0.5) is 0 Å². The first-order chi connectivity index (χ1) is 7.43. The van der Waals surface area contributed by atoms with Gasteiger partial charge in [0.15, 0.2) is 0 Å². The number of aromatic amines is 1. The summed E-state index contributed by atoms with van der Waals surface area (Å²) < 4.78 is 0. The summed E-state index contributed by atoms with van der Waals surface area (Å²) >= 11 is 0. The second-order valence-electron chi connectivity index (χ2n) is 3.37. The third-order valence-electron chi connectivity index (χ3n) is 2.40. The Morgan fingerprint density at radius 3 is 2.93 bits per heavy atom. The molecule has 0 aliphatic rings. The normalized spacial score (nSPS) is 10.7. The number of H-pyrrole nitrogens is 1. The van der Waals surface area contributed by atoms with E-state index in [0.717, 1.165) is 22.2 Å². The van der Waals surface area contributed by atoms with E-state index in [1.807, 2.05) is 24.4 Å². The lowest BCUT2D eigenvalue weighted by Crippen LogP contribution is -1.81. The van der Waals surface area contributed by atoms with Crippen LogP contribution >= 0.6 is 0 Å². The lowest BCUT2D eigenvalue weighted by Gasteiger charge is -1.99. The van der Waals surface area contributed by atoms with E-state index in [9.17, 15) is 0 Å². The number of hydrogen-bond acceptors (Lipinski definition) is 2. The maximum atomic E-state index is 4.31. The van der Waals surface area contributed by atoms with Crippen LogP contribution in [-0.4, -0.2) is 15.2 Å². The molecule has 0 aliphatic heterocycles. The zero-order valence-electron chi connectivity index (χ0n) is 8.01. The van der Waals surface area contributed by atoms with Gasteiger partial charge in [0.1, 0.15) is 0 Å². The number of pyridine rings is 1. The second-order valence-corrected chi connectivity index (χ2v) is 3.37. The Bertz CT molecular complexity index is 585. The highest BCUT2D eigenvalue weighted by Crippen LogP contribution is 2.20. The maximum Gasteiger partial charge on any atom is 0.0921 e. The van der Waals surface area contributed by atoms with E-state index in [-0.39, 0.29) is 0 Å². The molecule has 0 fully saturated rings. The van der Waals surface area contributed by atoms with Crippen molar-refractivity contribution >= 4 is 10.9 Å². The molecule has 3 heteroatoms.